The van der Waals surface area contributed by atoms with Crippen LogP contribution >= 0.6 is 0 Å². The van der Waals surface area contributed by atoms with E-state index in [1.165, 1.54) is 11.3 Å². The number of nitrogens with one attached hydrogen (secondary N) is 1. The van der Waals surface area contributed by atoms with Gasteiger partial charge in [0.25, 0.3) is 0 Å². The van der Waals surface area contributed by atoms with Crippen molar-refractivity contribution in [2.75, 3.05) is 31.7 Å². The second kappa shape index (κ2) is 9.74. The Balaban J connectivity index is 2.93. The highest BCUT2D eigenvalue weighted by Crippen LogP contribution is 2.16. The van der Waals surface area contributed by atoms with E-state index in [1.54, 1.807) is 7.11 Å². The summed E-state index contributed by atoms with van der Waals surface area (Å²) in [5, 5.41) is 3.49. The number of methoxy groups -OCH3 is 1. The van der Waals surface area contributed by atoms with Crippen LogP contribution < -0.4 is 10.2 Å². The zero-order valence-electron chi connectivity index (χ0n) is 14.3. The number of rotatable bonds is 10. The minimum Gasteiger partial charge on any atom is -0.383 e. The van der Waals surface area contributed by atoms with E-state index >= 15 is 0 Å². The van der Waals surface area contributed by atoms with Gasteiger partial charge in [0.2, 0.25) is 0 Å². The van der Waals surface area contributed by atoms with Crippen molar-refractivity contribution in [2.24, 2.45) is 0 Å². The van der Waals surface area contributed by atoms with Gasteiger partial charge in [0, 0.05) is 38.5 Å². The van der Waals surface area contributed by atoms with Gasteiger partial charge >= 0.3 is 0 Å². The van der Waals surface area contributed by atoms with Crippen molar-refractivity contribution >= 4 is 5.82 Å². The van der Waals surface area contributed by atoms with E-state index in [0.29, 0.717) is 6.04 Å². The van der Waals surface area contributed by atoms with E-state index in [0.717, 1.165) is 44.9 Å². The van der Waals surface area contributed by atoms with Crippen LogP contribution in [0.15, 0.2) is 12.1 Å². The molecule has 0 saturated heterocycles. The molecule has 0 spiro atoms. The minimum atomic E-state index is 0.493. The third-order valence-electron chi connectivity index (χ3n) is 3.42. The molecule has 0 aliphatic rings. The Kier molecular flexibility index (Phi) is 8.31. The fourth-order valence-corrected chi connectivity index (χ4v) is 2.24. The van der Waals surface area contributed by atoms with Crippen molar-refractivity contribution in [1.82, 2.24) is 10.3 Å². The monoisotopic (exact) mass is 293 g/mol. The van der Waals surface area contributed by atoms with Crippen LogP contribution in [0.4, 0.5) is 5.82 Å². The maximum Gasteiger partial charge on any atom is 0.129 e. The molecule has 0 atom stereocenters. The number of hydrogen-bond donors (Lipinski definition) is 1. The summed E-state index contributed by atoms with van der Waals surface area (Å²) in [6, 6.07) is 4.92. The van der Waals surface area contributed by atoms with E-state index in [4.69, 9.17) is 9.72 Å². The molecule has 0 fully saturated rings. The zero-order valence-corrected chi connectivity index (χ0v) is 14.3. The van der Waals surface area contributed by atoms with Gasteiger partial charge in [-0.2, -0.15) is 0 Å². The zero-order chi connectivity index (χ0) is 15.7. The number of aromatic nitrogens is 1. The van der Waals surface area contributed by atoms with E-state index in [9.17, 15) is 0 Å². The number of nitrogens with zero attached hydrogens (tertiary/aromatic N) is 2. The average molecular weight is 293 g/mol. The molecule has 4 heteroatoms. The van der Waals surface area contributed by atoms with Crippen molar-refractivity contribution in [3.05, 3.63) is 23.4 Å². The van der Waals surface area contributed by atoms with Crippen LogP contribution in [-0.2, 0) is 17.7 Å². The third-order valence-corrected chi connectivity index (χ3v) is 3.42. The summed E-state index contributed by atoms with van der Waals surface area (Å²) in [5.41, 5.74) is 2.50. The maximum absolute atomic E-state index is 5.20. The van der Waals surface area contributed by atoms with Crippen molar-refractivity contribution in [3.8, 4) is 0 Å². The predicted molar refractivity (Wildman–Crippen MR) is 90.0 cm³/mol. The smallest absolute Gasteiger partial charge is 0.129 e. The fourth-order valence-electron chi connectivity index (χ4n) is 2.24. The first-order valence-electron chi connectivity index (χ1n) is 8.07. The lowest BCUT2D eigenvalue weighted by atomic mass is 10.1. The molecule has 0 radical (unpaired) electrons. The molecule has 0 aliphatic heterocycles. The van der Waals surface area contributed by atoms with E-state index in [2.05, 4.69) is 50.0 Å². The second-order valence-corrected chi connectivity index (χ2v) is 5.68. The Morgan fingerprint density at radius 2 is 2.05 bits per heavy atom. The molecular weight excluding hydrogens is 262 g/mol. The first-order chi connectivity index (χ1) is 10.1. The van der Waals surface area contributed by atoms with Gasteiger partial charge in [-0.3, -0.25) is 0 Å². The number of pyridine rings is 1. The van der Waals surface area contributed by atoms with Crippen LogP contribution in [0.2, 0.25) is 0 Å². The Morgan fingerprint density at radius 3 is 2.62 bits per heavy atom. The number of ether oxygens (including phenoxy) is 1. The molecule has 21 heavy (non-hydrogen) atoms. The molecule has 1 aromatic heterocycles. The lowest BCUT2D eigenvalue weighted by Crippen LogP contribution is -2.28. The molecule has 1 aromatic rings. The molecule has 0 unspecified atom stereocenters. The molecule has 1 heterocycles. The quantitative estimate of drug-likeness (QED) is 0.719. The van der Waals surface area contributed by atoms with Crippen LogP contribution in [0, 0.1) is 0 Å². The second-order valence-electron chi connectivity index (χ2n) is 5.68. The molecular formula is C17H31N3O. The summed E-state index contributed by atoms with van der Waals surface area (Å²) in [5.74, 6) is 1.07. The summed E-state index contributed by atoms with van der Waals surface area (Å²) in [6.07, 6.45) is 2.15. The van der Waals surface area contributed by atoms with E-state index < -0.39 is 0 Å². The highest BCUT2D eigenvalue weighted by Gasteiger charge is 2.09. The lowest BCUT2D eigenvalue weighted by Gasteiger charge is -2.23. The number of anilines is 1. The van der Waals surface area contributed by atoms with Crippen LogP contribution in [-0.4, -0.2) is 37.8 Å². The highest BCUT2D eigenvalue weighted by atomic mass is 16.5. The van der Waals surface area contributed by atoms with E-state index in [-0.39, 0.29) is 0 Å². The predicted octanol–water partition coefficient (Wildman–Crippen LogP) is 3.00. The standard InChI is InChI=1S/C17H31N3O/c1-6-8-16-11-15(13-18-14(3)4)12-17(19-16)20(7-2)9-10-21-5/h11-12,14,18H,6-10,13H2,1-5H3. The Labute approximate surface area is 129 Å². The largest absolute Gasteiger partial charge is 0.383 e. The van der Waals surface area contributed by atoms with Crippen LogP contribution in [0.1, 0.15) is 45.4 Å². The Bertz CT molecular complexity index is 407. The normalized spacial score (nSPS) is 11.1. The summed E-state index contributed by atoms with van der Waals surface area (Å²) >= 11 is 0. The van der Waals surface area contributed by atoms with Gasteiger partial charge in [0.05, 0.1) is 6.61 Å². The van der Waals surface area contributed by atoms with Gasteiger partial charge in [0.1, 0.15) is 5.82 Å². The number of hydrogen-bond acceptors (Lipinski definition) is 4. The highest BCUT2D eigenvalue weighted by molar-refractivity contribution is 5.42. The van der Waals surface area contributed by atoms with Gasteiger partial charge in [-0.05, 0) is 31.0 Å². The molecule has 0 aliphatic carbocycles. The van der Waals surface area contributed by atoms with Crippen LogP contribution in [0.25, 0.3) is 0 Å². The summed E-state index contributed by atoms with van der Waals surface area (Å²) in [6.45, 7) is 12.2. The first-order valence-corrected chi connectivity index (χ1v) is 8.07. The summed E-state index contributed by atoms with van der Waals surface area (Å²) in [7, 11) is 1.74. The fraction of sp³-hybridized carbons (Fsp3) is 0.706. The molecule has 1 rings (SSSR count). The maximum atomic E-state index is 5.20. The molecule has 0 saturated carbocycles. The third kappa shape index (κ3) is 6.44. The Hall–Kier alpha value is -1.13. The van der Waals surface area contributed by atoms with E-state index in [1.807, 2.05) is 0 Å². The minimum absolute atomic E-state index is 0.493. The van der Waals surface area contributed by atoms with Crippen molar-refractivity contribution in [1.29, 1.82) is 0 Å². The lowest BCUT2D eigenvalue weighted by molar-refractivity contribution is 0.205. The molecule has 1 N–H and O–H groups in total. The van der Waals surface area contributed by atoms with Gasteiger partial charge in [0.15, 0.2) is 0 Å². The van der Waals surface area contributed by atoms with Crippen molar-refractivity contribution in [2.45, 2.75) is 53.1 Å². The molecule has 4 nitrogen and oxygen atoms in total. The molecule has 120 valence electrons. The van der Waals surface area contributed by atoms with Crippen molar-refractivity contribution < 1.29 is 4.74 Å². The molecule has 0 bridgehead atoms. The Morgan fingerprint density at radius 1 is 1.29 bits per heavy atom. The summed E-state index contributed by atoms with van der Waals surface area (Å²) in [4.78, 5) is 7.10. The first kappa shape index (κ1) is 17.9. The SMILES string of the molecule is CCCc1cc(CNC(C)C)cc(N(CC)CCOC)n1. The van der Waals surface area contributed by atoms with Crippen molar-refractivity contribution in [3.63, 3.8) is 0 Å². The van der Waals surface area contributed by atoms with Crippen LogP contribution in [0.5, 0.6) is 0 Å². The number of aryl methyl sites for hydroxylation is 1. The van der Waals surface area contributed by atoms with Gasteiger partial charge in [-0.25, -0.2) is 4.98 Å². The molecule has 0 aromatic carbocycles. The average Bonchev–Trinajstić information content (AvgIpc) is 2.46. The van der Waals surface area contributed by atoms with Crippen LogP contribution in [0.3, 0.4) is 0 Å². The van der Waals surface area contributed by atoms with Gasteiger partial charge in [-0.1, -0.05) is 27.2 Å². The topological polar surface area (TPSA) is 37.4 Å². The number of likely N-dealkylation sites (N-methyl/N-ethyl adjacent to an activating group) is 1. The van der Waals surface area contributed by atoms with Gasteiger partial charge < -0.3 is 15.0 Å². The summed E-state index contributed by atoms with van der Waals surface area (Å²) < 4.78 is 5.20. The van der Waals surface area contributed by atoms with Gasteiger partial charge in [-0.15, -0.1) is 0 Å². The molecule has 0 amide bonds.